The monoisotopic (exact) mass is 334 g/mol. The number of aromatic nitrogens is 2. The summed E-state index contributed by atoms with van der Waals surface area (Å²) >= 11 is 3.35. The van der Waals surface area contributed by atoms with Crippen LogP contribution in [0.4, 0.5) is 0 Å². The Balaban J connectivity index is 2.22. The first-order valence-electron chi connectivity index (χ1n) is 6.02. The van der Waals surface area contributed by atoms with Gasteiger partial charge in [0.15, 0.2) is 5.56 Å². The van der Waals surface area contributed by atoms with Crippen LogP contribution in [0.1, 0.15) is 29.9 Å². The molecule has 1 aliphatic rings. The van der Waals surface area contributed by atoms with Gasteiger partial charge >= 0.3 is 5.97 Å². The van der Waals surface area contributed by atoms with E-state index in [2.05, 4.69) is 25.9 Å². The number of hydrogen-bond donors (Lipinski definition) is 1. The number of ether oxygens (including phenoxy) is 1. The number of nitrogens with one attached hydrogen (secondary N) is 1. The van der Waals surface area contributed by atoms with E-state index in [-0.39, 0.29) is 5.56 Å². The minimum atomic E-state index is -0.884. The predicted molar refractivity (Wildman–Crippen MR) is 76.4 cm³/mol. The number of nitrogens with zero attached hydrogens (tertiary/aromatic N) is 1. The first kappa shape index (κ1) is 13.1. The number of rotatable bonds is 1. The van der Waals surface area contributed by atoms with E-state index in [0.717, 1.165) is 10.0 Å². The Hall–Kier alpha value is -1.95. The van der Waals surface area contributed by atoms with Crippen molar-refractivity contribution in [2.75, 3.05) is 0 Å². The second-order valence-electron chi connectivity index (χ2n) is 5.04. The van der Waals surface area contributed by atoms with Gasteiger partial charge in [-0.15, -0.1) is 0 Å². The van der Waals surface area contributed by atoms with Crippen LogP contribution in [0, 0.1) is 0 Å². The Kier molecular flexibility index (Phi) is 2.79. The van der Waals surface area contributed by atoms with Crippen LogP contribution in [0.15, 0.2) is 33.5 Å². The van der Waals surface area contributed by atoms with E-state index in [1.54, 1.807) is 13.8 Å². The third-order valence-corrected chi connectivity index (χ3v) is 3.69. The highest BCUT2D eigenvalue weighted by Crippen LogP contribution is 2.33. The van der Waals surface area contributed by atoms with Crippen molar-refractivity contribution in [2.45, 2.75) is 19.4 Å². The van der Waals surface area contributed by atoms with Crippen LogP contribution in [-0.2, 0) is 10.3 Å². The molecule has 1 aliphatic heterocycles. The van der Waals surface area contributed by atoms with Gasteiger partial charge in [0.25, 0.3) is 5.56 Å². The van der Waals surface area contributed by atoms with Gasteiger partial charge in [0.2, 0.25) is 0 Å². The molecule has 0 radical (unpaired) electrons. The van der Waals surface area contributed by atoms with Gasteiger partial charge in [0, 0.05) is 10.0 Å². The maximum Gasteiger partial charge on any atom is 0.346 e. The Bertz CT molecular complexity index is 763. The van der Waals surface area contributed by atoms with Crippen LogP contribution in [0.25, 0.3) is 11.4 Å². The summed E-state index contributed by atoms with van der Waals surface area (Å²) in [6, 6.07) is 7.38. The second-order valence-corrected chi connectivity index (χ2v) is 5.96. The summed E-state index contributed by atoms with van der Waals surface area (Å²) in [5.74, 6) is -0.200. The summed E-state index contributed by atoms with van der Waals surface area (Å²) in [5, 5.41) is 0. The molecule has 0 saturated heterocycles. The van der Waals surface area contributed by atoms with Gasteiger partial charge in [-0.05, 0) is 26.0 Å². The zero-order valence-electron chi connectivity index (χ0n) is 10.9. The molecule has 1 aromatic carbocycles. The number of esters is 1. The van der Waals surface area contributed by atoms with E-state index >= 15 is 0 Å². The molecule has 0 saturated carbocycles. The zero-order chi connectivity index (χ0) is 14.5. The summed E-state index contributed by atoms with van der Waals surface area (Å²) < 4.78 is 6.11. The lowest BCUT2D eigenvalue weighted by atomic mass is 10.0. The number of hydrogen-bond acceptors (Lipinski definition) is 4. The average molecular weight is 335 g/mol. The van der Waals surface area contributed by atoms with E-state index < -0.39 is 17.1 Å². The average Bonchev–Trinajstić information content (AvgIpc) is 2.60. The molecule has 2 aromatic rings. The van der Waals surface area contributed by atoms with Gasteiger partial charge in [0.1, 0.15) is 17.1 Å². The van der Waals surface area contributed by atoms with Crippen molar-refractivity contribution >= 4 is 21.9 Å². The Labute approximate surface area is 123 Å². The van der Waals surface area contributed by atoms with Gasteiger partial charge in [-0.3, -0.25) is 4.79 Å². The number of cyclic esters (lactones) is 1. The molecule has 20 heavy (non-hydrogen) atoms. The maximum atomic E-state index is 12.1. The van der Waals surface area contributed by atoms with Gasteiger partial charge in [-0.1, -0.05) is 28.1 Å². The largest absolute Gasteiger partial charge is 0.449 e. The fourth-order valence-electron chi connectivity index (χ4n) is 2.17. The summed E-state index contributed by atoms with van der Waals surface area (Å²) in [6.07, 6.45) is 0. The van der Waals surface area contributed by atoms with Gasteiger partial charge in [-0.2, -0.15) is 0 Å². The van der Waals surface area contributed by atoms with Gasteiger partial charge in [0.05, 0.1) is 0 Å². The summed E-state index contributed by atoms with van der Waals surface area (Å²) in [6.45, 7) is 3.43. The number of halogens is 1. The maximum absolute atomic E-state index is 12.1. The van der Waals surface area contributed by atoms with Crippen molar-refractivity contribution < 1.29 is 9.53 Å². The highest BCUT2D eigenvalue weighted by Gasteiger charge is 2.42. The number of aromatic amines is 1. The quantitative estimate of drug-likeness (QED) is 0.813. The molecule has 0 atom stereocenters. The lowest BCUT2D eigenvalue weighted by molar-refractivity contribution is 0.00830. The van der Waals surface area contributed by atoms with E-state index in [1.165, 1.54) is 0 Å². The molecule has 2 heterocycles. The van der Waals surface area contributed by atoms with Crippen LogP contribution in [-0.4, -0.2) is 15.9 Å². The number of fused-ring (bicyclic) bond motifs is 1. The van der Waals surface area contributed by atoms with Crippen LogP contribution in [0.2, 0.25) is 0 Å². The van der Waals surface area contributed by atoms with E-state index in [0.29, 0.717) is 11.5 Å². The molecule has 3 rings (SSSR count). The number of H-pyrrole nitrogens is 1. The van der Waals surface area contributed by atoms with Crippen molar-refractivity contribution in [3.05, 3.63) is 50.3 Å². The first-order valence-corrected chi connectivity index (χ1v) is 6.82. The van der Waals surface area contributed by atoms with Crippen molar-refractivity contribution in [1.82, 2.24) is 9.97 Å². The Morgan fingerprint density at radius 3 is 2.50 bits per heavy atom. The molecule has 1 N–H and O–H groups in total. The number of carbonyl (C=O) groups is 1. The van der Waals surface area contributed by atoms with E-state index in [1.807, 2.05) is 24.3 Å². The molecule has 0 aliphatic carbocycles. The predicted octanol–water partition coefficient (Wildman–Crippen LogP) is 2.60. The lowest BCUT2D eigenvalue weighted by Gasteiger charge is -2.16. The molecule has 6 heteroatoms. The standard InChI is InChI=1S/C14H11BrN2O3/c1-14(2)10-9(13(19)20-14)12(18)17-11(16-10)7-3-5-8(15)6-4-7/h3-6H,1-2H3,(H,16,17,18). The second kappa shape index (κ2) is 4.28. The van der Waals surface area contributed by atoms with Crippen LogP contribution >= 0.6 is 15.9 Å². The SMILES string of the molecule is CC1(C)OC(=O)c2c1nc(-c1ccc(Br)cc1)[nH]c2=O. The van der Waals surface area contributed by atoms with Crippen molar-refractivity contribution in [2.24, 2.45) is 0 Å². The molecule has 0 spiro atoms. The minimum Gasteiger partial charge on any atom is -0.449 e. The highest BCUT2D eigenvalue weighted by molar-refractivity contribution is 9.10. The summed E-state index contributed by atoms with van der Waals surface area (Å²) in [4.78, 5) is 30.8. The summed E-state index contributed by atoms with van der Waals surface area (Å²) in [7, 11) is 0. The van der Waals surface area contributed by atoms with E-state index in [9.17, 15) is 9.59 Å². The smallest absolute Gasteiger partial charge is 0.346 e. The topological polar surface area (TPSA) is 72.0 Å². The molecule has 0 bridgehead atoms. The van der Waals surface area contributed by atoms with Crippen molar-refractivity contribution in [3.8, 4) is 11.4 Å². The Morgan fingerprint density at radius 1 is 1.20 bits per heavy atom. The Morgan fingerprint density at radius 2 is 1.85 bits per heavy atom. The first-order chi connectivity index (χ1) is 9.38. The highest BCUT2D eigenvalue weighted by atomic mass is 79.9. The summed E-state index contributed by atoms with van der Waals surface area (Å²) in [5.41, 5.74) is -0.211. The van der Waals surface area contributed by atoms with Crippen LogP contribution in [0.5, 0.6) is 0 Å². The van der Waals surface area contributed by atoms with Gasteiger partial charge < -0.3 is 9.72 Å². The molecular formula is C14H11BrN2O3. The third kappa shape index (κ3) is 1.96. The van der Waals surface area contributed by atoms with E-state index in [4.69, 9.17) is 4.74 Å². The van der Waals surface area contributed by atoms with Crippen LogP contribution in [0.3, 0.4) is 0 Å². The number of carbonyl (C=O) groups excluding carboxylic acids is 1. The fraction of sp³-hybridized carbons (Fsp3) is 0.214. The van der Waals surface area contributed by atoms with Crippen LogP contribution < -0.4 is 5.56 Å². The zero-order valence-corrected chi connectivity index (χ0v) is 12.4. The third-order valence-electron chi connectivity index (χ3n) is 3.16. The fourth-order valence-corrected chi connectivity index (χ4v) is 2.44. The molecule has 102 valence electrons. The van der Waals surface area contributed by atoms with Crippen molar-refractivity contribution in [1.29, 1.82) is 0 Å². The molecule has 0 unspecified atom stereocenters. The minimum absolute atomic E-state index is 0.00383. The molecular weight excluding hydrogens is 324 g/mol. The lowest BCUT2D eigenvalue weighted by Crippen LogP contribution is -2.21. The van der Waals surface area contributed by atoms with Crippen molar-refractivity contribution in [3.63, 3.8) is 0 Å². The molecule has 1 aromatic heterocycles. The molecule has 0 fully saturated rings. The normalized spacial score (nSPS) is 15.8. The number of benzene rings is 1. The van der Waals surface area contributed by atoms with Gasteiger partial charge in [-0.25, -0.2) is 9.78 Å². The molecule has 5 nitrogen and oxygen atoms in total. The molecule has 0 amide bonds.